The van der Waals surface area contributed by atoms with Crippen molar-refractivity contribution in [3.05, 3.63) is 0 Å². The minimum absolute atomic E-state index is 0.00491. The normalized spacial score (nSPS) is 10.6. The SMILES string of the molecule is C#CCNC(=O)CCNC(C)(C)C. The molecule has 0 rings (SSSR count). The van der Waals surface area contributed by atoms with Gasteiger partial charge in [-0.15, -0.1) is 6.42 Å². The zero-order valence-electron chi connectivity index (χ0n) is 8.61. The first-order valence-corrected chi connectivity index (χ1v) is 4.41. The number of nitrogens with one attached hydrogen (secondary N) is 2. The zero-order valence-corrected chi connectivity index (χ0v) is 8.61. The van der Waals surface area contributed by atoms with E-state index in [2.05, 4.69) is 37.3 Å². The van der Waals surface area contributed by atoms with Crippen LogP contribution in [-0.4, -0.2) is 24.5 Å². The fourth-order valence-electron chi connectivity index (χ4n) is 0.789. The summed E-state index contributed by atoms with van der Waals surface area (Å²) < 4.78 is 0. The summed E-state index contributed by atoms with van der Waals surface area (Å²) in [5, 5.41) is 5.82. The van der Waals surface area contributed by atoms with Gasteiger partial charge in [0.15, 0.2) is 0 Å². The molecule has 0 aliphatic carbocycles. The Kier molecular flexibility index (Phi) is 5.17. The molecule has 0 radical (unpaired) electrons. The number of terminal acetylenes is 1. The average molecular weight is 182 g/mol. The van der Waals surface area contributed by atoms with Gasteiger partial charge in [-0.25, -0.2) is 0 Å². The van der Waals surface area contributed by atoms with E-state index in [1.807, 2.05) is 0 Å². The van der Waals surface area contributed by atoms with Crippen LogP contribution in [-0.2, 0) is 4.79 Å². The highest BCUT2D eigenvalue weighted by atomic mass is 16.1. The van der Waals surface area contributed by atoms with E-state index in [-0.39, 0.29) is 11.4 Å². The number of hydrogen-bond acceptors (Lipinski definition) is 2. The molecular formula is C10H18N2O. The molecule has 0 aromatic rings. The molecule has 0 saturated heterocycles. The predicted octanol–water partition coefficient (Wildman–Crippen LogP) is 0.514. The quantitative estimate of drug-likeness (QED) is 0.622. The summed E-state index contributed by atoms with van der Waals surface area (Å²) >= 11 is 0. The maximum Gasteiger partial charge on any atom is 0.222 e. The summed E-state index contributed by atoms with van der Waals surface area (Å²) in [5.74, 6) is 2.35. The summed E-state index contributed by atoms with van der Waals surface area (Å²) in [4.78, 5) is 11.0. The maximum absolute atomic E-state index is 11.0. The van der Waals surface area contributed by atoms with Crippen LogP contribution in [0.1, 0.15) is 27.2 Å². The third-order valence-corrected chi connectivity index (χ3v) is 1.40. The van der Waals surface area contributed by atoms with Crippen LogP contribution in [0, 0.1) is 12.3 Å². The van der Waals surface area contributed by atoms with Crippen LogP contribution >= 0.6 is 0 Å². The highest BCUT2D eigenvalue weighted by Crippen LogP contribution is 1.97. The molecule has 0 atom stereocenters. The Morgan fingerprint density at radius 1 is 1.46 bits per heavy atom. The van der Waals surface area contributed by atoms with Crippen LogP contribution in [0.15, 0.2) is 0 Å². The lowest BCUT2D eigenvalue weighted by atomic mass is 10.1. The number of amides is 1. The van der Waals surface area contributed by atoms with Crippen molar-refractivity contribution in [2.75, 3.05) is 13.1 Å². The topological polar surface area (TPSA) is 41.1 Å². The molecular weight excluding hydrogens is 164 g/mol. The fraction of sp³-hybridized carbons (Fsp3) is 0.700. The molecule has 74 valence electrons. The van der Waals surface area contributed by atoms with Crippen molar-refractivity contribution in [1.82, 2.24) is 10.6 Å². The highest BCUT2D eigenvalue weighted by molar-refractivity contribution is 5.76. The van der Waals surface area contributed by atoms with E-state index in [0.29, 0.717) is 19.5 Å². The maximum atomic E-state index is 11.0. The molecule has 0 aliphatic heterocycles. The minimum atomic E-state index is -0.00491. The van der Waals surface area contributed by atoms with E-state index in [9.17, 15) is 4.79 Å². The van der Waals surface area contributed by atoms with Crippen LogP contribution < -0.4 is 10.6 Å². The fourth-order valence-corrected chi connectivity index (χ4v) is 0.789. The molecule has 2 N–H and O–H groups in total. The number of hydrogen-bond donors (Lipinski definition) is 2. The second kappa shape index (κ2) is 5.60. The van der Waals surface area contributed by atoms with Crippen LogP contribution in [0.5, 0.6) is 0 Å². The van der Waals surface area contributed by atoms with Gasteiger partial charge in [0, 0.05) is 18.5 Å². The molecule has 3 nitrogen and oxygen atoms in total. The van der Waals surface area contributed by atoms with Crippen molar-refractivity contribution in [2.24, 2.45) is 0 Å². The van der Waals surface area contributed by atoms with Gasteiger partial charge in [-0.1, -0.05) is 5.92 Å². The van der Waals surface area contributed by atoms with Crippen molar-refractivity contribution in [2.45, 2.75) is 32.7 Å². The number of carbonyl (C=O) groups excluding carboxylic acids is 1. The second-order valence-corrected chi connectivity index (χ2v) is 3.91. The Morgan fingerprint density at radius 3 is 2.54 bits per heavy atom. The summed E-state index contributed by atoms with van der Waals surface area (Å²) in [6.07, 6.45) is 5.47. The van der Waals surface area contributed by atoms with Crippen molar-refractivity contribution in [1.29, 1.82) is 0 Å². The molecule has 0 fully saturated rings. The number of rotatable bonds is 4. The average Bonchev–Trinajstić information content (AvgIpc) is 1.98. The summed E-state index contributed by atoms with van der Waals surface area (Å²) in [6.45, 7) is 7.18. The van der Waals surface area contributed by atoms with Gasteiger partial charge in [0.1, 0.15) is 0 Å². The van der Waals surface area contributed by atoms with Gasteiger partial charge in [-0.3, -0.25) is 4.79 Å². The molecule has 0 aromatic carbocycles. The molecule has 3 heteroatoms. The molecule has 13 heavy (non-hydrogen) atoms. The van der Waals surface area contributed by atoms with E-state index in [4.69, 9.17) is 6.42 Å². The third kappa shape index (κ3) is 8.90. The molecule has 0 saturated carbocycles. The van der Waals surface area contributed by atoms with Crippen LogP contribution in [0.2, 0.25) is 0 Å². The first-order valence-electron chi connectivity index (χ1n) is 4.41. The predicted molar refractivity (Wildman–Crippen MR) is 54.2 cm³/mol. The Balaban J connectivity index is 3.44. The lowest BCUT2D eigenvalue weighted by molar-refractivity contribution is -0.120. The van der Waals surface area contributed by atoms with Crippen LogP contribution in [0.25, 0.3) is 0 Å². The van der Waals surface area contributed by atoms with Crippen LogP contribution in [0.4, 0.5) is 0 Å². The Hall–Kier alpha value is -1.01. The summed E-state index contributed by atoms with van der Waals surface area (Å²) in [5.41, 5.74) is 0.0619. The van der Waals surface area contributed by atoms with E-state index < -0.39 is 0 Å². The Bertz CT molecular complexity index is 198. The molecule has 0 aromatic heterocycles. The zero-order chi connectivity index (χ0) is 10.3. The standard InChI is InChI=1S/C10H18N2O/c1-5-7-11-9(13)6-8-12-10(2,3)4/h1,12H,6-8H2,2-4H3,(H,11,13). The molecule has 0 spiro atoms. The number of carbonyl (C=O) groups is 1. The molecule has 0 bridgehead atoms. The lowest BCUT2D eigenvalue weighted by Crippen LogP contribution is -2.38. The van der Waals surface area contributed by atoms with Crippen molar-refractivity contribution in [3.63, 3.8) is 0 Å². The summed E-state index contributed by atoms with van der Waals surface area (Å²) in [6, 6.07) is 0. The molecule has 1 amide bonds. The van der Waals surface area contributed by atoms with Crippen molar-refractivity contribution < 1.29 is 4.79 Å². The first kappa shape index (κ1) is 12.0. The van der Waals surface area contributed by atoms with E-state index in [1.54, 1.807) is 0 Å². The molecule has 0 aliphatic rings. The second-order valence-electron chi connectivity index (χ2n) is 3.91. The van der Waals surface area contributed by atoms with Gasteiger partial charge in [0.2, 0.25) is 5.91 Å². The van der Waals surface area contributed by atoms with E-state index in [1.165, 1.54) is 0 Å². The minimum Gasteiger partial charge on any atom is -0.345 e. The smallest absolute Gasteiger partial charge is 0.222 e. The van der Waals surface area contributed by atoms with Gasteiger partial charge in [-0.2, -0.15) is 0 Å². The van der Waals surface area contributed by atoms with Crippen LogP contribution in [0.3, 0.4) is 0 Å². The Labute approximate surface area is 80.3 Å². The molecule has 0 heterocycles. The first-order chi connectivity index (χ1) is 5.95. The van der Waals surface area contributed by atoms with Gasteiger partial charge in [0.05, 0.1) is 6.54 Å². The van der Waals surface area contributed by atoms with Crippen molar-refractivity contribution in [3.8, 4) is 12.3 Å². The summed E-state index contributed by atoms with van der Waals surface area (Å²) in [7, 11) is 0. The monoisotopic (exact) mass is 182 g/mol. The highest BCUT2D eigenvalue weighted by Gasteiger charge is 2.08. The third-order valence-electron chi connectivity index (χ3n) is 1.40. The largest absolute Gasteiger partial charge is 0.345 e. The van der Waals surface area contributed by atoms with Gasteiger partial charge < -0.3 is 10.6 Å². The van der Waals surface area contributed by atoms with Gasteiger partial charge in [-0.05, 0) is 20.8 Å². The van der Waals surface area contributed by atoms with Gasteiger partial charge in [0.25, 0.3) is 0 Å². The van der Waals surface area contributed by atoms with Gasteiger partial charge >= 0.3 is 0 Å². The Morgan fingerprint density at radius 2 is 2.08 bits per heavy atom. The lowest BCUT2D eigenvalue weighted by Gasteiger charge is -2.19. The van der Waals surface area contributed by atoms with E-state index >= 15 is 0 Å². The molecule has 0 unspecified atom stereocenters. The van der Waals surface area contributed by atoms with Crippen molar-refractivity contribution >= 4 is 5.91 Å². The van der Waals surface area contributed by atoms with E-state index in [0.717, 1.165) is 0 Å².